The van der Waals surface area contributed by atoms with Crippen molar-refractivity contribution in [2.75, 3.05) is 13.2 Å². The second-order valence-corrected chi connectivity index (χ2v) is 3.82. The average molecular weight is 291 g/mol. The number of ether oxygens (including phenoxy) is 1. The third-order valence-electron chi connectivity index (χ3n) is 2.17. The number of carbonyl (C=O) groups is 2. The van der Waals surface area contributed by atoms with Crippen LogP contribution in [0.2, 0.25) is 0 Å². The Morgan fingerprint density at radius 1 is 1.30 bits per heavy atom. The molecule has 1 rings (SSSR count). The van der Waals surface area contributed by atoms with Gasteiger partial charge in [-0.3, -0.25) is 9.59 Å². The second kappa shape index (κ2) is 6.78. The smallest absolute Gasteiger partial charge is 0.471 e. The molecule has 0 aromatic heterocycles. The Bertz CT molecular complexity index is 488. The summed E-state index contributed by atoms with van der Waals surface area (Å²) in [4.78, 5) is 21.0. The summed E-state index contributed by atoms with van der Waals surface area (Å²) >= 11 is 0. The minimum atomic E-state index is -4.92. The molecule has 20 heavy (non-hydrogen) atoms. The molecule has 0 saturated carbocycles. The Morgan fingerprint density at radius 3 is 2.60 bits per heavy atom. The topological polar surface area (TPSA) is 75.6 Å². The molecule has 0 aliphatic carbocycles. The lowest BCUT2D eigenvalue weighted by molar-refractivity contribution is -0.173. The molecular formula is C12H12F3NO4. The lowest BCUT2D eigenvalue weighted by Gasteiger charge is -2.09. The Kier molecular flexibility index (Phi) is 5.36. The van der Waals surface area contributed by atoms with Crippen LogP contribution in [-0.4, -0.2) is 36.3 Å². The molecule has 1 aromatic rings. The highest BCUT2D eigenvalue weighted by atomic mass is 19.4. The predicted molar refractivity (Wildman–Crippen MR) is 62.3 cm³/mol. The quantitative estimate of drug-likeness (QED) is 0.776. The van der Waals surface area contributed by atoms with Crippen LogP contribution in [-0.2, 0) is 16.0 Å². The molecule has 0 aliphatic heterocycles. The van der Waals surface area contributed by atoms with Crippen LogP contribution < -0.4 is 10.1 Å². The zero-order valence-corrected chi connectivity index (χ0v) is 10.2. The molecule has 1 amide bonds. The first-order valence-corrected chi connectivity index (χ1v) is 5.57. The zero-order valence-electron chi connectivity index (χ0n) is 10.2. The zero-order chi connectivity index (χ0) is 15.2. The first-order chi connectivity index (χ1) is 9.29. The van der Waals surface area contributed by atoms with E-state index in [0.717, 1.165) is 0 Å². The molecular weight excluding hydrogens is 279 g/mol. The minimum absolute atomic E-state index is 0.154. The Labute approximate surface area is 112 Å². The van der Waals surface area contributed by atoms with Crippen LogP contribution in [0.25, 0.3) is 0 Å². The Morgan fingerprint density at radius 2 is 2.00 bits per heavy atom. The van der Waals surface area contributed by atoms with Gasteiger partial charge in [0.05, 0.1) is 13.0 Å². The van der Waals surface area contributed by atoms with Gasteiger partial charge >= 0.3 is 18.1 Å². The SMILES string of the molecule is O=C(O)Cc1cccc(OCCNC(=O)C(F)(F)F)c1. The Hall–Kier alpha value is -2.25. The van der Waals surface area contributed by atoms with Crippen molar-refractivity contribution in [2.24, 2.45) is 0 Å². The van der Waals surface area contributed by atoms with E-state index in [0.29, 0.717) is 11.3 Å². The number of amides is 1. The summed E-state index contributed by atoms with van der Waals surface area (Å²) in [6, 6.07) is 6.17. The maximum Gasteiger partial charge on any atom is 0.471 e. The number of benzene rings is 1. The summed E-state index contributed by atoms with van der Waals surface area (Å²) < 4.78 is 40.7. The van der Waals surface area contributed by atoms with Gasteiger partial charge in [-0.2, -0.15) is 13.2 Å². The van der Waals surface area contributed by atoms with Crippen molar-refractivity contribution < 1.29 is 32.6 Å². The molecule has 0 atom stereocenters. The van der Waals surface area contributed by atoms with Gasteiger partial charge < -0.3 is 15.2 Å². The van der Waals surface area contributed by atoms with Crippen molar-refractivity contribution in [2.45, 2.75) is 12.6 Å². The molecule has 1 aromatic carbocycles. The average Bonchev–Trinajstić information content (AvgIpc) is 2.32. The van der Waals surface area contributed by atoms with Crippen molar-refractivity contribution in [3.8, 4) is 5.75 Å². The molecule has 0 saturated heterocycles. The van der Waals surface area contributed by atoms with Crippen molar-refractivity contribution in [3.05, 3.63) is 29.8 Å². The lowest BCUT2D eigenvalue weighted by Crippen LogP contribution is -2.38. The molecule has 0 unspecified atom stereocenters. The predicted octanol–water partition coefficient (Wildman–Crippen LogP) is 1.37. The summed E-state index contributed by atoms with van der Waals surface area (Å²) in [5, 5.41) is 10.3. The number of hydrogen-bond donors (Lipinski definition) is 2. The maximum atomic E-state index is 11.9. The van der Waals surface area contributed by atoms with E-state index in [-0.39, 0.29) is 19.6 Å². The van der Waals surface area contributed by atoms with E-state index < -0.39 is 18.1 Å². The fraction of sp³-hybridized carbons (Fsp3) is 0.333. The highest BCUT2D eigenvalue weighted by Crippen LogP contribution is 2.15. The normalized spacial score (nSPS) is 10.9. The molecule has 0 bridgehead atoms. The van der Waals surface area contributed by atoms with E-state index in [1.165, 1.54) is 12.1 Å². The van der Waals surface area contributed by atoms with Gasteiger partial charge in [0, 0.05) is 0 Å². The van der Waals surface area contributed by atoms with Crippen LogP contribution in [0.5, 0.6) is 5.75 Å². The van der Waals surface area contributed by atoms with Gasteiger partial charge in [-0.15, -0.1) is 0 Å². The molecule has 0 spiro atoms. The summed E-state index contributed by atoms with van der Waals surface area (Å²) in [6.45, 7) is -0.458. The van der Waals surface area contributed by atoms with Crippen LogP contribution >= 0.6 is 0 Å². The van der Waals surface area contributed by atoms with Gasteiger partial charge in [-0.05, 0) is 17.7 Å². The third-order valence-corrected chi connectivity index (χ3v) is 2.17. The molecule has 0 aliphatic rings. The minimum Gasteiger partial charge on any atom is -0.492 e. The van der Waals surface area contributed by atoms with Gasteiger partial charge in [0.25, 0.3) is 0 Å². The monoisotopic (exact) mass is 291 g/mol. The second-order valence-electron chi connectivity index (χ2n) is 3.82. The van der Waals surface area contributed by atoms with Crippen molar-refractivity contribution in [1.29, 1.82) is 0 Å². The molecule has 0 radical (unpaired) electrons. The highest BCUT2D eigenvalue weighted by molar-refractivity contribution is 5.81. The van der Waals surface area contributed by atoms with Gasteiger partial charge in [-0.25, -0.2) is 0 Å². The number of nitrogens with one attached hydrogen (secondary N) is 1. The van der Waals surface area contributed by atoms with Crippen molar-refractivity contribution in [1.82, 2.24) is 5.32 Å². The summed E-state index contributed by atoms with van der Waals surface area (Å²) in [7, 11) is 0. The van der Waals surface area contributed by atoms with Crippen LogP contribution in [0.3, 0.4) is 0 Å². The largest absolute Gasteiger partial charge is 0.492 e. The molecule has 0 heterocycles. The van der Waals surface area contributed by atoms with Crippen LogP contribution in [0.1, 0.15) is 5.56 Å². The number of carboxylic acid groups (broad SMARTS) is 1. The molecule has 0 fully saturated rings. The molecule has 110 valence electrons. The number of carbonyl (C=O) groups excluding carboxylic acids is 1. The van der Waals surface area contributed by atoms with E-state index in [4.69, 9.17) is 9.84 Å². The summed E-state index contributed by atoms with van der Waals surface area (Å²) in [5.41, 5.74) is 0.509. The molecule has 2 N–H and O–H groups in total. The van der Waals surface area contributed by atoms with E-state index in [9.17, 15) is 22.8 Å². The summed E-state index contributed by atoms with van der Waals surface area (Å²) in [5.74, 6) is -2.70. The first kappa shape index (κ1) is 15.8. The van der Waals surface area contributed by atoms with Crippen molar-refractivity contribution >= 4 is 11.9 Å². The van der Waals surface area contributed by atoms with Crippen LogP contribution in [0.15, 0.2) is 24.3 Å². The van der Waals surface area contributed by atoms with Gasteiger partial charge in [0.15, 0.2) is 0 Å². The van der Waals surface area contributed by atoms with Gasteiger partial charge in [0.2, 0.25) is 0 Å². The number of halogens is 3. The number of aliphatic carboxylic acids is 1. The van der Waals surface area contributed by atoms with Gasteiger partial charge in [0.1, 0.15) is 12.4 Å². The number of hydrogen-bond acceptors (Lipinski definition) is 3. The van der Waals surface area contributed by atoms with Crippen molar-refractivity contribution in [3.63, 3.8) is 0 Å². The maximum absolute atomic E-state index is 11.9. The fourth-order valence-corrected chi connectivity index (χ4v) is 1.35. The van der Waals surface area contributed by atoms with E-state index in [1.54, 1.807) is 17.4 Å². The summed E-state index contributed by atoms with van der Waals surface area (Å²) in [6.07, 6.45) is -5.09. The van der Waals surface area contributed by atoms with E-state index in [1.807, 2.05) is 0 Å². The van der Waals surface area contributed by atoms with Crippen LogP contribution in [0, 0.1) is 0 Å². The molecule has 8 heteroatoms. The Balaban J connectivity index is 2.39. The number of carboxylic acids is 1. The number of alkyl halides is 3. The molecule has 5 nitrogen and oxygen atoms in total. The third kappa shape index (κ3) is 5.59. The first-order valence-electron chi connectivity index (χ1n) is 5.57. The fourth-order valence-electron chi connectivity index (χ4n) is 1.35. The standard InChI is InChI=1S/C12H12F3NO4/c13-12(14,15)11(19)16-4-5-20-9-3-1-2-8(6-9)7-10(17)18/h1-3,6H,4-5,7H2,(H,16,19)(H,17,18). The lowest BCUT2D eigenvalue weighted by atomic mass is 10.1. The van der Waals surface area contributed by atoms with Gasteiger partial charge in [-0.1, -0.05) is 12.1 Å². The van der Waals surface area contributed by atoms with Crippen LogP contribution in [0.4, 0.5) is 13.2 Å². The highest BCUT2D eigenvalue weighted by Gasteiger charge is 2.38. The van der Waals surface area contributed by atoms with E-state index in [2.05, 4.69) is 0 Å². The van der Waals surface area contributed by atoms with E-state index >= 15 is 0 Å². The number of rotatable bonds is 6.